The zero-order valence-corrected chi connectivity index (χ0v) is 19.0. The highest BCUT2D eigenvalue weighted by Gasteiger charge is 2.29. The fourth-order valence-electron chi connectivity index (χ4n) is 4.37. The first-order valence-electron chi connectivity index (χ1n) is 11.5. The first-order valence-corrected chi connectivity index (χ1v) is 11.5. The summed E-state index contributed by atoms with van der Waals surface area (Å²) in [6.07, 6.45) is 8.50. The summed E-state index contributed by atoms with van der Waals surface area (Å²) >= 11 is 0. The minimum absolute atomic E-state index is 0.168. The van der Waals surface area contributed by atoms with Gasteiger partial charge in [-0.15, -0.1) is 6.58 Å². The minimum Gasteiger partial charge on any atom is -0.450 e. The summed E-state index contributed by atoms with van der Waals surface area (Å²) in [6.45, 7) is 14.0. The van der Waals surface area contributed by atoms with E-state index in [0.717, 1.165) is 32.1 Å². The molecule has 0 N–H and O–H groups in total. The molecule has 0 bridgehead atoms. The number of benzene rings is 1. The predicted molar refractivity (Wildman–Crippen MR) is 122 cm³/mol. The van der Waals surface area contributed by atoms with Crippen LogP contribution in [-0.4, -0.2) is 12.7 Å². The van der Waals surface area contributed by atoms with Gasteiger partial charge in [-0.1, -0.05) is 32.6 Å². The molecule has 32 heavy (non-hydrogen) atoms. The zero-order chi connectivity index (χ0) is 23.3. The van der Waals surface area contributed by atoms with Crippen LogP contribution in [0.5, 0.6) is 5.75 Å². The average Bonchev–Trinajstić information content (AvgIpc) is 2.79. The maximum absolute atomic E-state index is 14.9. The third-order valence-electron chi connectivity index (χ3n) is 6.30. The van der Waals surface area contributed by atoms with E-state index in [0.29, 0.717) is 54.6 Å². The van der Waals surface area contributed by atoms with Gasteiger partial charge in [0, 0.05) is 18.6 Å². The van der Waals surface area contributed by atoms with E-state index < -0.39 is 17.5 Å². The Labute approximate surface area is 189 Å². The minimum atomic E-state index is -1.07. The number of ether oxygens (including phenoxy) is 2. The highest BCUT2D eigenvalue weighted by molar-refractivity contribution is 5.51. The van der Waals surface area contributed by atoms with Crippen LogP contribution >= 0.6 is 0 Å². The Balaban J connectivity index is 1.72. The van der Waals surface area contributed by atoms with E-state index in [1.165, 1.54) is 0 Å². The Kier molecular flexibility index (Phi) is 8.41. The molecule has 5 heteroatoms. The van der Waals surface area contributed by atoms with Gasteiger partial charge in [-0.2, -0.15) is 4.39 Å². The number of hydrogen-bond acceptors (Lipinski definition) is 2. The first kappa shape index (κ1) is 24.4. The van der Waals surface area contributed by atoms with Gasteiger partial charge in [-0.25, -0.2) is 8.78 Å². The second kappa shape index (κ2) is 11.0. The van der Waals surface area contributed by atoms with E-state index in [-0.39, 0.29) is 23.5 Å². The molecule has 1 saturated heterocycles. The van der Waals surface area contributed by atoms with Crippen LogP contribution in [0.1, 0.15) is 63.0 Å². The fraction of sp³-hybridized carbons (Fsp3) is 0.481. The van der Waals surface area contributed by atoms with Crippen molar-refractivity contribution in [3.63, 3.8) is 0 Å². The van der Waals surface area contributed by atoms with Crippen LogP contribution in [0, 0.1) is 17.6 Å². The van der Waals surface area contributed by atoms with Crippen molar-refractivity contribution in [2.75, 3.05) is 6.61 Å². The molecule has 0 saturated carbocycles. The monoisotopic (exact) mass is 446 g/mol. The van der Waals surface area contributed by atoms with Crippen molar-refractivity contribution >= 4 is 0 Å². The molecule has 2 heterocycles. The van der Waals surface area contributed by atoms with Crippen LogP contribution in [0.15, 0.2) is 54.6 Å². The third kappa shape index (κ3) is 5.55. The third-order valence-corrected chi connectivity index (χ3v) is 6.30. The Morgan fingerprint density at radius 2 is 2.00 bits per heavy atom. The molecule has 0 spiro atoms. The summed E-state index contributed by atoms with van der Waals surface area (Å²) < 4.78 is 55.9. The van der Waals surface area contributed by atoms with Crippen LogP contribution in [0.3, 0.4) is 0 Å². The lowest BCUT2D eigenvalue weighted by Gasteiger charge is -2.29. The van der Waals surface area contributed by atoms with E-state index in [9.17, 15) is 13.2 Å². The number of halogens is 3. The van der Waals surface area contributed by atoms with Crippen LogP contribution in [-0.2, 0) is 17.6 Å². The van der Waals surface area contributed by atoms with Gasteiger partial charge in [0.05, 0.1) is 6.10 Å². The number of hydrogen-bond donors (Lipinski definition) is 0. The Bertz CT molecular complexity index is 908. The molecule has 0 amide bonds. The average molecular weight is 447 g/mol. The van der Waals surface area contributed by atoms with E-state index >= 15 is 0 Å². The number of allylic oxidation sites excluding steroid dienone is 4. The maximum atomic E-state index is 14.9. The van der Waals surface area contributed by atoms with Gasteiger partial charge in [-0.05, 0) is 73.6 Å². The lowest BCUT2D eigenvalue weighted by molar-refractivity contribution is -0.0218. The van der Waals surface area contributed by atoms with Crippen molar-refractivity contribution < 1.29 is 22.6 Å². The van der Waals surface area contributed by atoms with E-state index in [2.05, 4.69) is 26.7 Å². The summed E-state index contributed by atoms with van der Waals surface area (Å²) in [6, 6.07) is 1.63. The van der Waals surface area contributed by atoms with Crippen molar-refractivity contribution in [2.45, 2.75) is 70.8 Å². The van der Waals surface area contributed by atoms with Gasteiger partial charge < -0.3 is 9.47 Å². The molecule has 2 atom stereocenters. The molecule has 0 aliphatic carbocycles. The summed E-state index contributed by atoms with van der Waals surface area (Å²) in [5.74, 6) is -2.76. The fourth-order valence-corrected chi connectivity index (χ4v) is 4.37. The van der Waals surface area contributed by atoms with Crippen LogP contribution in [0.4, 0.5) is 13.2 Å². The lowest BCUT2D eigenvalue weighted by Crippen LogP contribution is -2.26. The summed E-state index contributed by atoms with van der Waals surface area (Å²) in [5.41, 5.74) is 1.41. The number of rotatable bonds is 9. The molecule has 1 aromatic carbocycles. The molecule has 2 nitrogen and oxygen atoms in total. The molecular weight excluding hydrogens is 413 g/mol. The molecule has 2 aliphatic rings. The maximum Gasteiger partial charge on any atom is 0.201 e. The van der Waals surface area contributed by atoms with Gasteiger partial charge in [-0.3, -0.25) is 0 Å². The molecule has 1 aromatic rings. The largest absolute Gasteiger partial charge is 0.450 e. The molecule has 0 radical (unpaired) electrons. The van der Waals surface area contributed by atoms with Gasteiger partial charge in [0.2, 0.25) is 5.82 Å². The molecule has 2 aliphatic heterocycles. The van der Waals surface area contributed by atoms with Crippen molar-refractivity contribution in [1.82, 2.24) is 0 Å². The van der Waals surface area contributed by atoms with Crippen molar-refractivity contribution in [2.24, 2.45) is 5.92 Å². The molecule has 3 rings (SSSR count). The topological polar surface area (TPSA) is 18.5 Å². The Morgan fingerprint density at radius 3 is 2.66 bits per heavy atom. The second-order valence-corrected chi connectivity index (χ2v) is 8.83. The predicted octanol–water partition coefficient (Wildman–Crippen LogP) is 7.69. The molecular formula is C27H33F3O2. The lowest BCUT2D eigenvalue weighted by atomic mass is 9.90. The van der Waals surface area contributed by atoms with E-state index in [1.807, 2.05) is 0 Å². The van der Waals surface area contributed by atoms with Gasteiger partial charge in [0.1, 0.15) is 0 Å². The highest BCUT2D eigenvalue weighted by Crippen LogP contribution is 2.40. The number of aryl methyl sites for hydroxylation is 1. The molecule has 0 aromatic heterocycles. The molecule has 174 valence electrons. The van der Waals surface area contributed by atoms with Gasteiger partial charge >= 0.3 is 0 Å². The molecule has 2 unspecified atom stereocenters. The van der Waals surface area contributed by atoms with Crippen LogP contribution < -0.4 is 4.74 Å². The Hall–Kier alpha value is -2.27. The van der Waals surface area contributed by atoms with Gasteiger partial charge in [0.25, 0.3) is 0 Å². The van der Waals surface area contributed by atoms with Crippen LogP contribution in [0.2, 0.25) is 0 Å². The second-order valence-electron chi connectivity index (χ2n) is 8.83. The van der Waals surface area contributed by atoms with Crippen molar-refractivity contribution in [3.05, 3.63) is 77.4 Å². The summed E-state index contributed by atoms with van der Waals surface area (Å²) in [4.78, 5) is 0. The zero-order valence-electron chi connectivity index (χ0n) is 19.0. The standard InChI is InChI=1S/C27H33F3O2/c1-5-7-9-17(3)23(28)26-18(4)14-21-15-20(24(29)25(30)27(21)32-26)12-10-19-11-13-22(8-6-2)31-16-19/h5,15,19,22H,1,3-4,6-14,16H2,2H3/b26-23-. The SMILES string of the molecule is C=CCCC(=C)/C(F)=C1/Oc2c(cc(CCC3CCC(CCC)OC3)c(F)c2F)CC1=C. The van der Waals surface area contributed by atoms with Gasteiger partial charge in [0.15, 0.2) is 23.2 Å². The number of fused-ring (bicyclic) bond motifs is 1. The normalized spacial score (nSPS) is 22.2. The van der Waals surface area contributed by atoms with Crippen LogP contribution in [0.25, 0.3) is 0 Å². The summed E-state index contributed by atoms with van der Waals surface area (Å²) in [7, 11) is 0. The highest BCUT2D eigenvalue weighted by atomic mass is 19.2. The smallest absolute Gasteiger partial charge is 0.201 e. The quantitative estimate of drug-likeness (QED) is 0.362. The van der Waals surface area contributed by atoms with E-state index in [4.69, 9.17) is 9.47 Å². The Morgan fingerprint density at radius 1 is 1.22 bits per heavy atom. The van der Waals surface area contributed by atoms with Crippen molar-refractivity contribution in [3.8, 4) is 5.75 Å². The molecule has 1 fully saturated rings. The summed E-state index contributed by atoms with van der Waals surface area (Å²) in [5, 5.41) is 0. The van der Waals surface area contributed by atoms with Crippen molar-refractivity contribution in [1.29, 1.82) is 0 Å². The van der Waals surface area contributed by atoms with E-state index in [1.54, 1.807) is 12.1 Å². The first-order chi connectivity index (χ1) is 15.3.